The summed E-state index contributed by atoms with van der Waals surface area (Å²) in [6.07, 6.45) is 4.93. The first-order valence-corrected chi connectivity index (χ1v) is 11.5. The van der Waals surface area contributed by atoms with Gasteiger partial charge in [0.2, 0.25) is 0 Å². The van der Waals surface area contributed by atoms with Crippen LogP contribution in [0.2, 0.25) is 0 Å². The summed E-state index contributed by atoms with van der Waals surface area (Å²) in [6.45, 7) is 5.50. The summed E-state index contributed by atoms with van der Waals surface area (Å²) in [5.41, 5.74) is 8.61. The number of benzene rings is 1. The highest BCUT2D eigenvalue weighted by molar-refractivity contribution is 7.15. The zero-order valence-electron chi connectivity index (χ0n) is 17.5. The molecule has 7 heteroatoms. The van der Waals surface area contributed by atoms with E-state index in [0.29, 0.717) is 22.2 Å². The topological polar surface area (TPSA) is 80.9 Å². The number of aromatic nitrogens is 2. The Hall–Kier alpha value is -2.25. The molecular weight excluding hydrogens is 401 g/mol. The lowest BCUT2D eigenvalue weighted by molar-refractivity contribution is 0.489. The number of nitrogens with zero attached hydrogens (tertiary/aromatic N) is 1. The summed E-state index contributed by atoms with van der Waals surface area (Å²) < 4.78 is 17.3. The number of rotatable bonds is 3. The molecule has 1 saturated carbocycles. The predicted octanol–water partition coefficient (Wildman–Crippen LogP) is 4.28. The second-order valence-electron chi connectivity index (χ2n) is 8.87. The Labute approximate surface area is 177 Å². The van der Waals surface area contributed by atoms with Crippen LogP contribution in [-0.2, 0) is 6.42 Å². The highest BCUT2D eigenvalue weighted by Crippen LogP contribution is 2.45. The summed E-state index contributed by atoms with van der Waals surface area (Å²) in [4.78, 5) is 29.7. The van der Waals surface area contributed by atoms with E-state index in [0.717, 1.165) is 37.0 Å². The molecule has 2 aromatic heterocycles. The van der Waals surface area contributed by atoms with E-state index in [1.807, 2.05) is 13.8 Å². The van der Waals surface area contributed by atoms with Crippen molar-refractivity contribution in [3.8, 4) is 10.4 Å². The van der Waals surface area contributed by atoms with E-state index in [1.54, 1.807) is 22.8 Å². The van der Waals surface area contributed by atoms with Gasteiger partial charge in [0.25, 0.3) is 5.56 Å². The van der Waals surface area contributed by atoms with Gasteiger partial charge in [-0.15, -0.1) is 11.3 Å². The van der Waals surface area contributed by atoms with E-state index in [2.05, 4.69) is 11.1 Å². The monoisotopic (exact) mass is 427 g/mol. The molecule has 5 nitrogen and oxygen atoms in total. The maximum absolute atomic E-state index is 15.7. The zero-order chi connectivity index (χ0) is 21.3. The third-order valence-corrected chi connectivity index (χ3v) is 7.98. The number of nitrogens with one attached hydrogen (secondary N) is 1. The number of nitrogens with two attached hydrogens (primary N) is 1. The second kappa shape index (κ2) is 6.89. The number of aryl methyl sites for hydroxylation is 3. The van der Waals surface area contributed by atoms with Crippen molar-refractivity contribution in [1.82, 2.24) is 9.55 Å². The van der Waals surface area contributed by atoms with Crippen LogP contribution in [0.3, 0.4) is 0 Å². The number of aromatic amines is 1. The summed E-state index contributed by atoms with van der Waals surface area (Å²) in [5.74, 6) is -0.0846. The van der Waals surface area contributed by atoms with Crippen molar-refractivity contribution >= 4 is 22.2 Å². The molecule has 158 valence electrons. The van der Waals surface area contributed by atoms with Gasteiger partial charge in [-0.05, 0) is 76.0 Å². The summed E-state index contributed by atoms with van der Waals surface area (Å²) in [7, 11) is 0. The van der Waals surface area contributed by atoms with E-state index in [4.69, 9.17) is 5.73 Å². The van der Waals surface area contributed by atoms with Crippen LogP contribution in [-0.4, -0.2) is 15.6 Å². The minimum absolute atomic E-state index is 0.0504. The van der Waals surface area contributed by atoms with Gasteiger partial charge in [-0.3, -0.25) is 14.3 Å². The van der Waals surface area contributed by atoms with Crippen molar-refractivity contribution < 1.29 is 4.39 Å². The molecule has 2 atom stereocenters. The standard InChI is InChI=1S/C23H26FN3O2S/c1-10-19-21(27(13-7-8-13)23(29)26-22(19)28)11(2)18(20(10)24)17-9-15-14(12(3)25)5-4-6-16(15)30-17/h9,12-14H,4-8,25H2,1-3H3,(H,26,28,29). The normalized spacial score (nSPS) is 19.8. The Morgan fingerprint density at radius 2 is 1.97 bits per heavy atom. The molecule has 5 rings (SSSR count). The van der Waals surface area contributed by atoms with E-state index in [-0.39, 0.29) is 29.2 Å². The van der Waals surface area contributed by atoms with Crippen LogP contribution in [0.25, 0.3) is 21.3 Å². The molecule has 2 aliphatic rings. The molecule has 2 heterocycles. The summed E-state index contributed by atoms with van der Waals surface area (Å²) in [5, 5.41) is 0.287. The van der Waals surface area contributed by atoms with E-state index in [1.165, 1.54) is 10.4 Å². The van der Waals surface area contributed by atoms with Gasteiger partial charge in [-0.1, -0.05) is 0 Å². The molecule has 2 aliphatic carbocycles. The lowest BCUT2D eigenvalue weighted by atomic mass is 9.83. The van der Waals surface area contributed by atoms with Gasteiger partial charge >= 0.3 is 5.69 Å². The van der Waals surface area contributed by atoms with Gasteiger partial charge in [0, 0.05) is 33.0 Å². The van der Waals surface area contributed by atoms with Crippen LogP contribution in [0.4, 0.5) is 4.39 Å². The number of hydrogen-bond acceptors (Lipinski definition) is 4. The van der Waals surface area contributed by atoms with Crippen LogP contribution in [0, 0.1) is 19.7 Å². The Morgan fingerprint density at radius 1 is 1.23 bits per heavy atom. The number of H-pyrrole nitrogens is 1. The molecule has 2 unspecified atom stereocenters. The third-order valence-electron chi connectivity index (χ3n) is 6.75. The van der Waals surface area contributed by atoms with Gasteiger partial charge in [-0.2, -0.15) is 0 Å². The van der Waals surface area contributed by atoms with Crippen molar-refractivity contribution in [2.75, 3.05) is 0 Å². The van der Waals surface area contributed by atoms with E-state index in [9.17, 15) is 9.59 Å². The lowest BCUT2D eigenvalue weighted by Gasteiger charge is -2.25. The van der Waals surface area contributed by atoms with Crippen molar-refractivity contribution in [2.45, 2.75) is 70.9 Å². The molecule has 3 N–H and O–H groups in total. The van der Waals surface area contributed by atoms with Gasteiger partial charge in [-0.25, -0.2) is 9.18 Å². The fourth-order valence-corrected chi connectivity index (χ4v) is 6.45. The molecule has 0 radical (unpaired) electrons. The molecule has 3 aromatic rings. The Bertz CT molecular complexity index is 1300. The first-order chi connectivity index (χ1) is 14.3. The highest BCUT2D eigenvalue weighted by Gasteiger charge is 2.31. The van der Waals surface area contributed by atoms with Crippen LogP contribution >= 0.6 is 11.3 Å². The maximum atomic E-state index is 15.7. The van der Waals surface area contributed by atoms with Crippen molar-refractivity contribution in [2.24, 2.45) is 5.73 Å². The average molecular weight is 428 g/mol. The highest BCUT2D eigenvalue weighted by atomic mass is 32.1. The van der Waals surface area contributed by atoms with Crippen molar-refractivity contribution in [3.63, 3.8) is 0 Å². The number of halogens is 1. The summed E-state index contributed by atoms with van der Waals surface area (Å²) >= 11 is 1.62. The maximum Gasteiger partial charge on any atom is 0.329 e. The van der Waals surface area contributed by atoms with Gasteiger partial charge < -0.3 is 5.73 Å². The fourth-order valence-electron chi connectivity index (χ4n) is 5.08. The van der Waals surface area contributed by atoms with Crippen LogP contribution < -0.4 is 17.0 Å². The first kappa shape index (κ1) is 19.7. The van der Waals surface area contributed by atoms with Crippen LogP contribution in [0.1, 0.15) is 66.1 Å². The molecule has 30 heavy (non-hydrogen) atoms. The van der Waals surface area contributed by atoms with Gasteiger partial charge in [0.1, 0.15) is 5.82 Å². The Balaban J connectivity index is 1.83. The smallest absolute Gasteiger partial charge is 0.327 e. The van der Waals surface area contributed by atoms with Crippen molar-refractivity contribution in [1.29, 1.82) is 0 Å². The molecule has 1 aromatic carbocycles. The zero-order valence-corrected chi connectivity index (χ0v) is 18.3. The van der Waals surface area contributed by atoms with Crippen LogP contribution in [0.5, 0.6) is 0 Å². The molecule has 0 bridgehead atoms. The predicted molar refractivity (Wildman–Crippen MR) is 119 cm³/mol. The van der Waals surface area contributed by atoms with E-state index >= 15 is 4.39 Å². The quantitative estimate of drug-likeness (QED) is 0.655. The van der Waals surface area contributed by atoms with Crippen molar-refractivity contribution in [3.05, 3.63) is 54.3 Å². The van der Waals surface area contributed by atoms with Gasteiger partial charge in [0.05, 0.1) is 10.9 Å². The Kier molecular flexibility index (Phi) is 4.52. The summed E-state index contributed by atoms with van der Waals surface area (Å²) in [6, 6.07) is 2.22. The molecule has 0 aliphatic heterocycles. The fraction of sp³-hybridized carbons (Fsp3) is 0.478. The number of fused-ring (bicyclic) bond motifs is 2. The third kappa shape index (κ3) is 2.82. The lowest BCUT2D eigenvalue weighted by Crippen LogP contribution is -2.31. The second-order valence-corrected chi connectivity index (χ2v) is 10.0. The minimum atomic E-state index is -0.513. The first-order valence-electron chi connectivity index (χ1n) is 10.6. The molecule has 1 fully saturated rings. The molecule has 0 saturated heterocycles. The number of hydrogen-bond donors (Lipinski definition) is 2. The van der Waals surface area contributed by atoms with Gasteiger partial charge in [0.15, 0.2) is 0 Å². The minimum Gasteiger partial charge on any atom is -0.327 e. The Morgan fingerprint density at radius 3 is 2.63 bits per heavy atom. The molecular formula is C23H26FN3O2S. The largest absolute Gasteiger partial charge is 0.329 e. The molecule has 0 spiro atoms. The number of thiophene rings is 1. The SMILES string of the molecule is Cc1c(F)c(-c2cc3c(s2)CCCC3C(C)N)c(C)c2c1c(=O)[nH]c(=O)n2C1CC1. The molecule has 0 amide bonds. The van der Waals surface area contributed by atoms with E-state index < -0.39 is 11.2 Å². The average Bonchev–Trinajstić information content (AvgIpc) is 3.43. The van der Waals surface area contributed by atoms with Crippen LogP contribution in [0.15, 0.2) is 15.7 Å².